The minimum Gasteiger partial charge on any atom is -0.333 e. The van der Waals surface area contributed by atoms with E-state index in [4.69, 9.17) is 0 Å². The molecule has 2 heterocycles. The van der Waals surface area contributed by atoms with Gasteiger partial charge in [0.2, 0.25) is 5.91 Å². The molecule has 1 saturated heterocycles. The Morgan fingerprint density at radius 1 is 1.27 bits per heavy atom. The van der Waals surface area contributed by atoms with Gasteiger partial charge in [0.25, 0.3) is 0 Å². The molecule has 6 nitrogen and oxygen atoms in total. The third-order valence-electron chi connectivity index (χ3n) is 6.49. The molecule has 1 aromatic heterocycles. The molecule has 3 atom stereocenters. The summed E-state index contributed by atoms with van der Waals surface area (Å²) in [6.07, 6.45) is 11.0. The SMILES string of the molecule is CCn1cc([C@@H]2CS(=O)(=O)CCN2C(=O)[C@H]2C[C@@H]2C2CCCCC2)cn1. The van der Waals surface area contributed by atoms with E-state index in [2.05, 4.69) is 5.10 Å². The van der Waals surface area contributed by atoms with Crippen LogP contribution in [0, 0.1) is 17.8 Å². The molecule has 3 aliphatic rings. The summed E-state index contributed by atoms with van der Waals surface area (Å²) in [5, 5.41) is 4.28. The topological polar surface area (TPSA) is 72.3 Å². The summed E-state index contributed by atoms with van der Waals surface area (Å²) in [5.74, 6) is 1.62. The van der Waals surface area contributed by atoms with Crippen LogP contribution in [0.25, 0.3) is 0 Å². The molecule has 1 amide bonds. The van der Waals surface area contributed by atoms with Gasteiger partial charge in [0.1, 0.15) is 0 Å². The summed E-state index contributed by atoms with van der Waals surface area (Å²) in [4.78, 5) is 15.0. The fraction of sp³-hybridized carbons (Fsp3) is 0.789. The number of sulfone groups is 1. The number of amides is 1. The highest BCUT2D eigenvalue weighted by Gasteiger charge is 2.50. The van der Waals surface area contributed by atoms with Gasteiger partial charge in [-0.2, -0.15) is 5.10 Å². The Morgan fingerprint density at radius 3 is 2.73 bits per heavy atom. The van der Waals surface area contributed by atoms with Crippen molar-refractivity contribution < 1.29 is 13.2 Å². The van der Waals surface area contributed by atoms with Gasteiger partial charge in [0, 0.05) is 30.8 Å². The smallest absolute Gasteiger partial charge is 0.226 e. The minimum absolute atomic E-state index is 0.0228. The molecule has 0 spiro atoms. The Labute approximate surface area is 155 Å². The van der Waals surface area contributed by atoms with E-state index in [1.165, 1.54) is 32.1 Å². The standard InChI is InChI=1S/C19H29N3O3S/c1-2-21-12-15(11-20-21)18-13-26(24,25)9-8-22(18)19(23)17-10-16(17)14-6-4-3-5-7-14/h11-12,14,16-18H,2-10,13H2,1H3/t16-,17+,18+/m1/s1. The zero-order chi connectivity index (χ0) is 18.3. The normalized spacial score (nSPS) is 31.7. The number of aromatic nitrogens is 2. The van der Waals surface area contributed by atoms with Crippen molar-refractivity contribution in [2.45, 2.75) is 58.0 Å². The maximum atomic E-state index is 13.2. The van der Waals surface area contributed by atoms with Crippen LogP contribution in [0.15, 0.2) is 12.4 Å². The molecule has 0 unspecified atom stereocenters. The van der Waals surface area contributed by atoms with Crippen LogP contribution in [0.2, 0.25) is 0 Å². The third kappa shape index (κ3) is 3.55. The minimum atomic E-state index is -3.11. The van der Waals surface area contributed by atoms with Crippen LogP contribution >= 0.6 is 0 Å². The molecule has 2 aliphatic carbocycles. The summed E-state index contributed by atoms with van der Waals surface area (Å²) in [6, 6.07) is -0.380. The lowest BCUT2D eigenvalue weighted by Gasteiger charge is -2.35. The molecule has 0 bridgehead atoms. The highest BCUT2D eigenvalue weighted by Crippen LogP contribution is 2.51. The average Bonchev–Trinajstić information content (AvgIpc) is 3.30. The Kier molecular flexibility index (Phi) is 4.84. The van der Waals surface area contributed by atoms with Crippen LogP contribution in [0.4, 0.5) is 0 Å². The highest BCUT2D eigenvalue weighted by atomic mass is 32.2. The third-order valence-corrected chi connectivity index (χ3v) is 8.12. The van der Waals surface area contributed by atoms with Crippen LogP contribution in [-0.4, -0.2) is 47.1 Å². The largest absolute Gasteiger partial charge is 0.333 e. The molecule has 26 heavy (non-hydrogen) atoms. The van der Waals surface area contributed by atoms with E-state index in [0.29, 0.717) is 18.4 Å². The van der Waals surface area contributed by atoms with Crippen molar-refractivity contribution in [2.75, 3.05) is 18.1 Å². The van der Waals surface area contributed by atoms with Crippen molar-refractivity contribution >= 4 is 15.7 Å². The van der Waals surface area contributed by atoms with E-state index >= 15 is 0 Å². The Hall–Kier alpha value is -1.37. The molecule has 144 valence electrons. The quantitative estimate of drug-likeness (QED) is 0.805. The van der Waals surface area contributed by atoms with E-state index in [-0.39, 0.29) is 29.4 Å². The van der Waals surface area contributed by atoms with Crippen molar-refractivity contribution in [3.63, 3.8) is 0 Å². The van der Waals surface area contributed by atoms with E-state index in [1.807, 2.05) is 18.0 Å². The molecule has 3 fully saturated rings. The number of hydrogen-bond donors (Lipinski definition) is 0. The lowest BCUT2D eigenvalue weighted by molar-refractivity contribution is -0.135. The lowest BCUT2D eigenvalue weighted by atomic mass is 9.85. The first-order valence-electron chi connectivity index (χ1n) is 10.0. The maximum Gasteiger partial charge on any atom is 0.226 e. The van der Waals surface area contributed by atoms with Crippen molar-refractivity contribution in [3.05, 3.63) is 18.0 Å². The Balaban J connectivity index is 1.50. The van der Waals surface area contributed by atoms with Gasteiger partial charge < -0.3 is 4.90 Å². The molecular formula is C19H29N3O3S. The van der Waals surface area contributed by atoms with Gasteiger partial charge in [0.05, 0.1) is 23.7 Å². The van der Waals surface area contributed by atoms with Gasteiger partial charge in [-0.1, -0.05) is 32.1 Å². The van der Waals surface area contributed by atoms with Gasteiger partial charge >= 0.3 is 0 Å². The zero-order valence-electron chi connectivity index (χ0n) is 15.5. The first kappa shape index (κ1) is 18.0. The molecule has 0 radical (unpaired) electrons. The van der Waals surface area contributed by atoms with Crippen LogP contribution in [0.3, 0.4) is 0 Å². The second-order valence-electron chi connectivity index (χ2n) is 8.20. The molecule has 2 saturated carbocycles. The molecular weight excluding hydrogens is 350 g/mol. The maximum absolute atomic E-state index is 13.2. The molecule has 1 aromatic rings. The lowest BCUT2D eigenvalue weighted by Crippen LogP contribution is -2.47. The van der Waals surface area contributed by atoms with Crippen LogP contribution in [0.1, 0.15) is 57.1 Å². The summed E-state index contributed by atoms with van der Waals surface area (Å²) in [6.45, 7) is 3.05. The molecule has 1 aliphatic heterocycles. The molecule has 0 N–H and O–H groups in total. The molecule has 7 heteroatoms. The van der Waals surface area contributed by atoms with E-state index in [1.54, 1.807) is 10.9 Å². The van der Waals surface area contributed by atoms with Gasteiger partial charge in [-0.3, -0.25) is 9.48 Å². The number of hydrogen-bond acceptors (Lipinski definition) is 4. The van der Waals surface area contributed by atoms with Crippen LogP contribution in [0.5, 0.6) is 0 Å². The van der Waals surface area contributed by atoms with Crippen molar-refractivity contribution in [1.29, 1.82) is 0 Å². The van der Waals surface area contributed by atoms with Gasteiger partial charge in [0.15, 0.2) is 9.84 Å². The number of carbonyl (C=O) groups is 1. The van der Waals surface area contributed by atoms with E-state index in [0.717, 1.165) is 18.5 Å². The fourth-order valence-electron chi connectivity index (χ4n) is 4.87. The van der Waals surface area contributed by atoms with Gasteiger partial charge in [-0.05, 0) is 25.2 Å². The summed E-state index contributed by atoms with van der Waals surface area (Å²) < 4.78 is 26.2. The zero-order valence-corrected chi connectivity index (χ0v) is 16.3. The van der Waals surface area contributed by atoms with Crippen LogP contribution < -0.4 is 0 Å². The van der Waals surface area contributed by atoms with E-state index < -0.39 is 9.84 Å². The van der Waals surface area contributed by atoms with Crippen LogP contribution in [-0.2, 0) is 21.2 Å². The Bertz CT molecular complexity index is 767. The number of nitrogens with zero attached hydrogens (tertiary/aromatic N) is 3. The van der Waals surface area contributed by atoms with E-state index in [9.17, 15) is 13.2 Å². The summed E-state index contributed by atoms with van der Waals surface area (Å²) in [5.41, 5.74) is 0.846. The van der Waals surface area contributed by atoms with Gasteiger partial charge in [-0.15, -0.1) is 0 Å². The van der Waals surface area contributed by atoms with Crippen molar-refractivity contribution in [1.82, 2.24) is 14.7 Å². The fourth-order valence-corrected chi connectivity index (χ4v) is 6.36. The number of aryl methyl sites for hydroxylation is 1. The summed E-state index contributed by atoms with van der Waals surface area (Å²) >= 11 is 0. The first-order chi connectivity index (χ1) is 12.5. The second kappa shape index (κ2) is 6.98. The van der Waals surface area contributed by atoms with Gasteiger partial charge in [-0.25, -0.2) is 8.42 Å². The predicted molar refractivity (Wildman–Crippen MR) is 99.2 cm³/mol. The van der Waals surface area contributed by atoms with Crippen molar-refractivity contribution in [2.24, 2.45) is 17.8 Å². The Morgan fingerprint density at radius 2 is 2.04 bits per heavy atom. The molecule has 0 aromatic carbocycles. The highest BCUT2D eigenvalue weighted by molar-refractivity contribution is 7.91. The monoisotopic (exact) mass is 379 g/mol. The number of carbonyl (C=O) groups excluding carboxylic acids is 1. The first-order valence-corrected chi connectivity index (χ1v) is 11.8. The second-order valence-corrected chi connectivity index (χ2v) is 10.4. The number of rotatable bonds is 4. The summed E-state index contributed by atoms with van der Waals surface area (Å²) in [7, 11) is -3.11. The molecule has 4 rings (SSSR count). The predicted octanol–water partition coefficient (Wildman–Crippen LogP) is 2.42. The average molecular weight is 380 g/mol. The van der Waals surface area contributed by atoms with Crippen molar-refractivity contribution in [3.8, 4) is 0 Å².